The Bertz CT molecular complexity index is 494. The van der Waals surface area contributed by atoms with Gasteiger partial charge in [-0.15, -0.1) is 0 Å². The van der Waals surface area contributed by atoms with E-state index < -0.39 is 0 Å². The summed E-state index contributed by atoms with van der Waals surface area (Å²) in [6.07, 6.45) is 1.91. The molecule has 16 heavy (non-hydrogen) atoms. The molecule has 0 unspecified atom stereocenters. The average molecular weight is 281 g/mol. The third-order valence-corrected chi connectivity index (χ3v) is 2.78. The second kappa shape index (κ2) is 4.70. The van der Waals surface area contributed by atoms with Crippen LogP contribution in [0.15, 0.2) is 35.1 Å². The van der Waals surface area contributed by atoms with Crippen LogP contribution >= 0.6 is 15.9 Å². The predicted molar refractivity (Wildman–Crippen MR) is 66.4 cm³/mol. The molecule has 0 amide bonds. The number of aromatic nitrogens is 2. The lowest BCUT2D eigenvalue weighted by molar-refractivity contribution is 0.290. The van der Waals surface area contributed by atoms with Crippen LogP contribution in [-0.4, -0.2) is 9.55 Å². The summed E-state index contributed by atoms with van der Waals surface area (Å²) in [6.45, 7) is 2.51. The standard InChI is InChI=1S/C12H13BrN2O/c1-9-5-3-4-6-10(9)16-8-12-14-11(13)7-15(12)2/h3-7H,8H2,1-2H3. The van der Waals surface area contributed by atoms with Crippen LogP contribution in [0.4, 0.5) is 0 Å². The summed E-state index contributed by atoms with van der Waals surface area (Å²) in [4.78, 5) is 4.31. The van der Waals surface area contributed by atoms with E-state index in [0.29, 0.717) is 6.61 Å². The minimum absolute atomic E-state index is 0.479. The molecular weight excluding hydrogens is 268 g/mol. The van der Waals surface area contributed by atoms with Crippen molar-refractivity contribution in [2.75, 3.05) is 0 Å². The molecule has 0 atom stereocenters. The van der Waals surface area contributed by atoms with Gasteiger partial charge in [0.25, 0.3) is 0 Å². The number of halogens is 1. The normalized spacial score (nSPS) is 10.4. The molecule has 84 valence electrons. The third kappa shape index (κ3) is 2.44. The first-order valence-corrected chi connectivity index (χ1v) is 5.82. The maximum Gasteiger partial charge on any atom is 0.147 e. The van der Waals surface area contributed by atoms with E-state index in [9.17, 15) is 0 Å². The molecule has 0 bridgehead atoms. The maximum absolute atomic E-state index is 5.71. The molecule has 0 aliphatic carbocycles. The summed E-state index contributed by atoms with van der Waals surface area (Å²) in [7, 11) is 1.95. The molecule has 0 saturated carbocycles. The van der Waals surface area contributed by atoms with Gasteiger partial charge in [-0.1, -0.05) is 18.2 Å². The quantitative estimate of drug-likeness (QED) is 0.864. The molecule has 3 nitrogen and oxygen atoms in total. The fourth-order valence-corrected chi connectivity index (χ4v) is 1.97. The van der Waals surface area contributed by atoms with Crippen LogP contribution in [-0.2, 0) is 13.7 Å². The van der Waals surface area contributed by atoms with Crippen molar-refractivity contribution in [1.29, 1.82) is 0 Å². The van der Waals surface area contributed by atoms with E-state index in [0.717, 1.165) is 21.7 Å². The van der Waals surface area contributed by atoms with E-state index in [4.69, 9.17) is 4.74 Å². The van der Waals surface area contributed by atoms with Crippen molar-refractivity contribution in [3.8, 4) is 5.75 Å². The van der Waals surface area contributed by atoms with E-state index in [1.165, 1.54) is 0 Å². The SMILES string of the molecule is Cc1ccccc1OCc1nc(Br)cn1C. The zero-order valence-electron chi connectivity index (χ0n) is 9.27. The summed E-state index contributed by atoms with van der Waals surface area (Å²) >= 11 is 3.34. The second-order valence-corrected chi connectivity index (χ2v) is 4.46. The van der Waals surface area contributed by atoms with Gasteiger partial charge in [0.2, 0.25) is 0 Å². The van der Waals surface area contributed by atoms with Crippen molar-refractivity contribution < 1.29 is 4.74 Å². The fourth-order valence-electron chi connectivity index (χ4n) is 1.46. The highest BCUT2D eigenvalue weighted by Gasteiger charge is 2.04. The van der Waals surface area contributed by atoms with Gasteiger partial charge in [0.05, 0.1) is 0 Å². The molecule has 1 aromatic heterocycles. The number of benzene rings is 1. The zero-order valence-corrected chi connectivity index (χ0v) is 10.9. The lowest BCUT2D eigenvalue weighted by Crippen LogP contribution is -2.03. The first-order valence-electron chi connectivity index (χ1n) is 5.03. The van der Waals surface area contributed by atoms with Crippen molar-refractivity contribution in [3.63, 3.8) is 0 Å². The molecule has 0 aliphatic rings. The molecule has 1 heterocycles. The summed E-state index contributed by atoms with van der Waals surface area (Å²) in [6, 6.07) is 7.97. The minimum Gasteiger partial charge on any atom is -0.485 e. The molecule has 0 spiro atoms. The Morgan fingerprint density at radius 3 is 2.75 bits per heavy atom. The first kappa shape index (κ1) is 11.2. The van der Waals surface area contributed by atoms with E-state index in [1.807, 2.05) is 49.0 Å². The van der Waals surface area contributed by atoms with Crippen LogP contribution in [0.2, 0.25) is 0 Å². The first-order chi connectivity index (χ1) is 7.66. The van der Waals surface area contributed by atoms with Gasteiger partial charge in [-0.25, -0.2) is 4.98 Å². The summed E-state index contributed by atoms with van der Waals surface area (Å²) < 4.78 is 8.49. The van der Waals surface area contributed by atoms with Crippen molar-refractivity contribution in [2.45, 2.75) is 13.5 Å². The van der Waals surface area contributed by atoms with Crippen molar-refractivity contribution in [2.24, 2.45) is 7.05 Å². The number of rotatable bonds is 3. The Balaban J connectivity index is 2.08. The Labute approximate surface area is 103 Å². The highest BCUT2D eigenvalue weighted by Crippen LogP contribution is 2.18. The van der Waals surface area contributed by atoms with Crippen LogP contribution < -0.4 is 4.74 Å². The highest BCUT2D eigenvalue weighted by atomic mass is 79.9. The molecule has 2 rings (SSSR count). The van der Waals surface area contributed by atoms with Crippen LogP contribution in [0.5, 0.6) is 5.75 Å². The molecule has 0 fully saturated rings. The Morgan fingerprint density at radius 1 is 1.38 bits per heavy atom. The molecule has 0 N–H and O–H groups in total. The van der Waals surface area contributed by atoms with Crippen LogP contribution in [0.25, 0.3) is 0 Å². The van der Waals surface area contributed by atoms with Crippen molar-refractivity contribution in [3.05, 3.63) is 46.5 Å². The van der Waals surface area contributed by atoms with Gasteiger partial charge in [-0.05, 0) is 34.5 Å². The number of nitrogens with zero attached hydrogens (tertiary/aromatic N) is 2. The van der Waals surface area contributed by atoms with Crippen molar-refractivity contribution >= 4 is 15.9 Å². The Hall–Kier alpha value is -1.29. The molecule has 0 aliphatic heterocycles. The number of imidazole rings is 1. The molecule has 4 heteroatoms. The Kier molecular flexibility index (Phi) is 3.29. The van der Waals surface area contributed by atoms with Gasteiger partial charge in [-0.2, -0.15) is 0 Å². The van der Waals surface area contributed by atoms with Gasteiger partial charge in [-0.3, -0.25) is 0 Å². The monoisotopic (exact) mass is 280 g/mol. The van der Waals surface area contributed by atoms with E-state index in [1.54, 1.807) is 0 Å². The maximum atomic E-state index is 5.71. The molecule has 2 aromatic rings. The zero-order chi connectivity index (χ0) is 11.5. The topological polar surface area (TPSA) is 27.1 Å². The van der Waals surface area contributed by atoms with Crippen LogP contribution in [0.1, 0.15) is 11.4 Å². The fraction of sp³-hybridized carbons (Fsp3) is 0.250. The lowest BCUT2D eigenvalue weighted by Gasteiger charge is -2.08. The second-order valence-electron chi connectivity index (χ2n) is 3.64. The largest absolute Gasteiger partial charge is 0.485 e. The van der Waals surface area contributed by atoms with Crippen LogP contribution in [0.3, 0.4) is 0 Å². The summed E-state index contributed by atoms with van der Waals surface area (Å²) in [5, 5.41) is 0. The Morgan fingerprint density at radius 2 is 2.12 bits per heavy atom. The van der Waals surface area contributed by atoms with E-state index in [-0.39, 0.29) is 0 Å². The van der Waals surface area contributed by atoms with Crippen LogP contribution in [0, 0.1) is 6.92 Å². The van der Waals surface area contributed by atoms with E-state index >= 15 is 0 Å². The summed E-state index contributed by atoms with van der Waals surface area (Å²) in [5.41, 5.74) is 1.13. The predicted octanol–water partition coefficient (Wildman–Crippen LogP) is 3.07. The minimum atomic E-state index is 0.479. The van der Waals surface area contributed by atoms with E-state index in [2.05, 4.69) is 20.9 Å². The van der Waals surface area contributed by atoms with Gasteiger partial charge in [0, 0.05) is 13.2 Å². The molecule has 1 aromatic carbocycles. The number of ether oxygens (including phenoxy) is 1. The lowest BCUT2D eigenvalue weighted by atomic mass is 10.2. The smallest absolute Gasteiger partial charge is 0.147 e. The molecule has 0 radical (unpaired) electrons. The van der Waals surface area contributed by atoms with Gasteiger partial charge >= 0.3 is 0 Å². The highest BCUT2D eigenvalue weighted by molar-refractivity contribution is 9.10. The number of hydrogen-bond acceptors (Lipinski definition) is 2. The van der Waals surface area contributed by atoms with Gasteiger partial charge in [0.15, 0.2) is 0 Å². The van der Waals surface area contributed by atoms with Crippen molar-refractivity contribution in [1.82, 2.24) is 9.55 Å². The number of aryl methyl sites for hydroxylation is 2. The molecular formula is C12H13BrN2O. The average Bonchev–Trinajstić information content (AvgIpc) is 2.56. The summed E-state index contributed by atoms with van der Waals surface area (Å²) in [5.74, 6) is 1.80. The van der Waals surface area contributed by atoms with Gasteiger partial charge < -0.3 is 9.30 Å². The van der Waals surface area contributed by atoms with Gasteiger partial charge in [0.1, 0.15) is 22.8 Å². The molecule has 0 saturated heterocycles. The third-order valence-electron chi connectivity index (χ3n) is 2.39. The number of para-hydroxylation sites is 1. The number of hydrogen-bond donors (Lipinski definition) is 0.